The lowest BCUT2D eigenvalue weighted by Crippen LogP contribution is -2.39. The number of carboxylic acids is 1. The van der Waals surface area contributed by atoms with E-state index in [1.54, 1.807) is 0 Å². The van der Waals surface area contributed by atoms with Gasteiger partial charge in [0.2, 0.25) is 0 Å². The number of hydrogen-bond acceptors (Lipinski definition) is 4. The maximum absolute atomic E-state index is 11.6. The molecule has 5 heteroatoms. The van der Waals surface area contributed by atoms with Crippen LogP contribution in [-0.4, -0.2) is 34.8 Å². The number of piperidine rings is 1. The maximum atomic E-state index is 11.6. The number of carbonyl (C=O) groups excluding carboxylic acids is 1. The topological polar surface area (TPSA) is 57.6 Å². The van der Waals surface area contributed by atoms with Gasteiger partial charge in [-0.1, -0.05) is 25.1 Å². The number of carbonyl (C=O) groups is 2. The highest BCUT2D eigenvalue weighted by Gasteiger charge is 2.26. The summed E-state index contributed by atoms with van der Waals surface area (Å²) in [6.45, 7) is 3.97. The van der Waals surface area contributed by atoms with E-state index in [1.165, 1.54) is 11.3 Å². The van der Waals surface area contributed by atoms with Crippen LogP contribution in [0, 0.1) is 5.92 Å². The maximum Gasteiger partial charge on any atom is 0.346 e. The molecule has 1 atom stereocenters. The first-order valence-electron chi connectivity index (χ1n) is 7.05. The second-order valence-electron chi connectivity index (χ2n) is 5.56. The summed E-state index contributed by atoms with van der Waals surface area (Å²) in [4.78, 5) is 25.7. The Bertz CT molecular complexity index is 707. The van der Waals surface area contributed by atoms with Crippen LogP contribution in [0.15, 0.2) is 24.3 Å². The molecule has 1 N–H and O–H groups in total. The zero-order valence-corrected chi connectivity index (χ0v) is 12.7. The number of fused-ring (bicyclic) bond motifs is 1. The fraction of sp³-hybridized carbons (Fsp3) is 0.375. The second kappa shape index (κ2) is 5.58. The molecule has 1 fully saturated rings. The number of nitrogens with zero attached hydrogens (tertiary/aromatic N) is 1. The van der Waals surface area contributed by atoms with Gasteiger partial charge in [0.1, 0.15) is 10.7 Å². The lowest BCUT2D eigenvalue weighted by atomic mass is 9.98. The summed E-state index contributed by atoms with van der Waals surface area (Å²) < 4.78 is 1.01. The van der Waals surface area contributed by atoms with E-state index in [1.807, 2.05) is 31.2 Å². The van der Waals surface area contributed by atoms with Crippen molar-refractivity contribution in [2.75, 3.05) is 13.1 Å². The Morgan fingerprint density at radius 3 is 2.90 bits per heavy atom. The number of likely N-dealkylation sites (tertiary alicyclic amines) is 1. The van der Waals surface area contributed by atoms with Crippen LogP contribution >= 0.6 is 11.3 Å². The van der Waals surface area contributed by atoms with Gasteiger partial charge >= 0.3 is 5.97 Å². The summed E-state index contributed by atoms with van der Waals surface area (Å²) in [6.07, 6.45) is 0.561. The van der Waals surface area contributed by atoms with E-state index in [0.29, 0.717) is 36.7 Å². The Kier molecular flexibility index (Phi) is 3.78. The quantitative estimate of drug-likeness (QED) is 0.947. The van der Waals surface area contributed by atoms with Crippen molar-refractivity contribution in [1.29, 1.82) is 0 Å². The molecule has 3 rings (SSSR count). The first-order valence-corrected chi connectivity index (χ1v) is 7.86. The van der Waals surface area contributed by atoms with E-state index in [-0.39, 0.29) is 5.92 Å². The van der Waals surface area contributed by atoms with Gasteiger partial charge in [-0.15, -0.1) is 11.3 Å². The smallest absolute Gasteiger partial charge is 0.346 e. The predicted molar refractivity (Wildman–Crippen MR) is 82.8 cm³/mol. The minimum Gasteiger partial charge on any atom is -0.477 e. The first-order chi connectivity index (χ1) is 10.1. The number of Topliss-reactive ketones (excluding diaryl/α,β-unsaturated/α-hetero) is 1. The summed E-state index contributed by atoms with van der Waals surface area (Å²) in [5.41, 5.74) is 0.879. The molecule has 1 unspecified atom stereocenters. The van der Waals surface area contributed by atoms with Gasteiger partial charge in [-0.2, -0.15) is 0 Å². The van der Waals surface area contributed by atoms with Gasteiger partial charge in [0, 0.05) is 36.7 Å². The highest BCUT2D eigenvalue weighted by Crippen LogP contribution is 2.32. The van der Waals surface area contributed by atoms with Crippen LogP contribution in [0.3, 0.4) is 0 Å². The Hall–Kier alpha value is -1.72. The van der Waals surface area contributed by atoms with E-state index in [0.717, 1.165) is 15.6 Å². The van der Waals surface area contributed by atoms with Crippen LogP contribution in [0.25, 0.3) is 10.1 Å². The van der Waals surface area contributed by atoms with E-state index in [4.69, 9.17) is 0 Å². The molecule has 0 aliphatic carbocycles. The van der Waals surface area contributed by atoms with Crippen LogP contribution in [0.2, 0.25) is 0 Å². The van der Waals surface area contributed by atoms with Crippen molar-refractivity contribution in [2.24, 2.45) is 5.92 Å². The van der Waals surface area contributed by atoms with Crippen LogP contribution in [-0.2, 0) is 11.3 Å². The number of hydrogen-bond donors (Lipinski definition) is 1. The van der Waals surface area contributed by atoms with Crippen LogP contribution in [0.5, 0.6) is 0 Å². The van der Waals surface area contributed by atoms with E-state index in [9.17, 15) is 14.7 Å². The third-order valence-electron chi connectivity index (χ3n) is 4.03. The summed E-state index contributed by atoms with van der Waals surface area (Å²) in [5, 5.41) is 10.4. The number of benzene rings is 1. The Labute approximate surface area is 127 Å². The normalized spacial score (nSPS) is 20.0. The SMILES string of the molecule is CC1CN(Cc2c(C(=O)O)sc3ccccc23)CCC1=O. The first kappa shape index (κ1) is 14.2. The van der Waals surface area contributed by atoms with Gasteiger partial charge in [0.05, 0.1) is 0 Å². The van der Waals surface area contributed by atoms with Crippen molar-refractivity contribution >= 4 is 33.2 Å². The molecule has 21 heavy (non-hydrogen) atoms. The van der Waals surface area contributed by atoms with Crippen LogP contribution in [0.4, 0.5) is 0 Å². The molecule has 1 aromatic carbocycles. The zero-order chi connectivity index (χ0) is 15.0. The predicted octanol–water partition coefficient (Wildman–Crippen LogP) is 3.01. The van der Waals surface area contributed by atoms with Gasteiger partial charge in [-0.3, -0.25) is 9.69 Å². The Morgan fingerprint density at radius 1 is 1.43 bits per heavy atom. The van der Waals surface area contributed by atoms with Crippen molar-refractivity contribution in [3.05, 3.63) is 34.7 Å². The molecule has 2 aromatic rings. The van der Waals surface area contributed by atoms with Crippen molar-refractivity contribution in [2.45, 2.75) is 19.9 Å². The molecule has 1 aromatic heterocycles. The standard InChI is InChI=1S/C16H17NO3S/c1-10-8-17(7-6-13(10)18)9-12-11-4-2-3-5-14(11)21-15(12)16(19)20/h2-5,10H,6-9H2,1H3,(H,19,20). The number of carboxylic acid groups (broad SMARTS) is 1. The van der Waals surface area contributed by atoms with Gasteiger partial charge in [0.25, 0.3) is 0 Å². The van der Waals surface area contributed by atoms with E-state index >= 15 is 0 Å². The molecule has 0 bridgehead atoms. The monoisotopic (exact) mass is 303 g/mol. The molecule has 1 aliphatic heterocycles. The average Bonchev–Trinajstić information content (AvgIpc) is 2.82. The Morgan fingerprint density at radius 2 is 2.19 bits per heavy atom. The average molecular weight is 303 g/mol. The third kappa shape index (κ3) is 2.71. The number of thiophene rings is 1. The Balaban J connectivity index is 1.94. The van der Waals surface area contributed by atoms with Gasteiger partial charge in [-0.25, -0.2) is 4.79 Å². The van der Waals surface area contributed by atoms with E-state index < -0.39 is 5.97 Å². The molecule has 0 saturated carbocycles. The minimum absolute atomic E-state index is 0.0388. The molecule has 2 heterocycles. The zero-order valence-electron chi connectivity index (χ0n) is 11.8. The van der Waals surface area contributed by atoms with Crippen molar-refractivity contribution in [3.8, 4) is 0 Å². The molecule has 1 saturated heterocycles. The lowest BCUT2D eigenvalue weighted by molar-refractivity contribution is -0.125. The summed E-state index contributed by atoms with van der Waals surface area (Å²) in [7, 11) is 0. The molecular formula is C16H17NO3S. The molecule has 1 aliphatic rings. The summed E-state index contributed by atoms with van der Waals surface area (Å²) in [6, 6.07) is 7.80. The molecular weight excluding hydrogens is 286 g/mol. The van der Waals surface area contributed by atoms with E-state index in [2.05, 4.69) is 4.90 Å². The van der Waals surface area contributed by atoms with Crippen LogP contribution in [0.1, 0.15) is 28.6 Å². The van der Waals surface area contributed by atoms with Crippen molar-refractivity contribution in [3.63, 3.8) is 0 Å². The number of rotatable bonds is 3. The molecule has 0 radical (unpaired) electrons. The number of aromatic carboxylic acids is 1. The third-order valence-corrected chi connectivity index (χ3v) is 5.23. The largest absolute Gasteiger partial charge is 0.477 e. The molecule has 110 valence electrons. The molecule has 0 spiro atoms. The molecule has 4 nitrogen and oxygen atoms in total. The minimum atomic E-state index is -0.868. The summed E-state index contributed by atoms with van der Waals surface area (Å²) >= 11 is 1.33. The highest BCUT2D eigenvalue weighted by molar-refractivity contribution is 7.21. The number of ketones is 1. The fourth-order valence-electron chi connectivity index (χ4n) is 2.89. The van der Waals surface area contributed by atoms with Gasteiger partial charge < -0.3 is 5.11 Å². The van der Waals surface area contributed by atoms with Gasteiger partial charge in [-0.05, 0) is 17.0 Å². The molecule has 0 amide bonds. The van der Waals surface area contributed by atoms with Gasteiger partial charge in [0.15, 0.2) is 0 Å². The summed E-state index contributed by atoms with van der Waals surface area (Å²) in [5.74, 6) is -0.524. The van der Waals surface area contributed by atoms with Crippen LogP contribution < -0.4 is 0 Å². The fourth-order valence-corrected chi connectivity index (χ4v) is 3.94. The van der Waals surface area contributed by atoms with Crippen molar-refractivity contribution < 1.29 is 14.7 Å². The van der Waals surface area contributed by atoms with Crippen molar-refractivity contribution in [1.82, 2.24) is 4.90 Å². The second-order valence-corrected chi connectivity index (χ2v) is 6.62. The highest BCUT2D eigenvalue weighted by atomic mass is 32.1. The lowest BCUT2D eigenvalue weighted by Gasteiger charge is -2.29.